The summed E-state index contributed by atoms with van der Waals surface area (Å²) in [5.41, 5.74) is 0. The van der Waals surface area contributed by atoms with Gasteiger partial charge in [0.15, 0.2) is 0 Å². The number of sulfonamides is 1. The van der Waals surface area contributed by atoms with E-state index in [-0.39, 0.29) is 38.0 Å². The summed E-state index contributed by atoms with van der Waals surface area (Å²) in [7, 11) is -0.676. The van der Waals surface area contributed by atoms with E-state index in [9.17, 15) is 13.2 Å². The maximum absolute atomic E-state index is 12.3. The topological polar surface area (TPSA) is 82.1 Å². The average molecular weight is 309 g/mol. The van der Waals surface area contributed by atoms with Gasteiger partial charge < -0.3 is 14.2 Å². The minimum absolute atomic E-state index is 0.0327. The van der Waals surface area contributed by atoms with E-state index in [1.165, 1.54) is 18.5 Å². The Hall–Kier alpha value is -0.700. The lowest BCUT2D eigenvalue weighted by molar-refractivity contribution is -0.140. The number of carbonyl (C=O) groups excluding carboxylic acids is 1. The van der Waals surface area contributed by atoms with Gasteiger partial charge in [0.05, 0.1) is 32.0 Å². The van der Waals surface area contributed by atoms with E-state index in [1.54, 1.807) is 0 Å². The number of ether oxygens (including phenoxy) is 3. The van der Waals surface area contributed by atoms with E-state index in [2.05, 4.69) is 4.74 Å². The average Bonchev–Trinajstić information content (AvgIpc) is 2.90. The molecule has 0 radical (unpaired) electrons. The predicted octanol–water partition coefficient (Wildman–Crippen LogP) is 0.00670. The van der Waals surface area contributed by atoms with Gasteiger partial charge in [0.2, 0.25) is 10.0 Å². The fourth-order valence-electron chi connectivity index (χ4n) is 2.02. The van der Waals surface area contributed by atoms with E-state index in [1.807, 2.05) is 0 Å². The molecule has 0 spiro atoms. The first-order chi connectivity index (χ1) is 9.49. The van der Waals surface area contributed by atoms with Crippen molar-refractivity contribution in [3.63, 3.8) is 0 Å². The Morgan fingerprint density at radius 1 is 1.35 bits per heavy atom. The maximum atomic E-state index is 12.3. The number of rotatable bonds is 9. The number of methoxy groups -OCH3 is 2. The summed E-state index contributed by atoms with van der Waals surface area (Å²) in [5.74, 6) is -0.475. The Bertz CT molecular complexity index is 391. The molecule has 1 heterocycles. The van der Waals surface area contributed by atoms with Crippen LogP contribution in [0.4, 0.5) is 0 Å². The van der Waals surface area contributed by atoms with Gasteiger partial charge in [-0.05, 0) is 12.8 Å². The van der Waals surface area contributed by atoms with Crippen LogP contribution < -0.4 is 0 Å². The highest BCUT2D eigenvalue weighted by atomic mass is 32.2. The summed E-state index contributed by atoms with van der Waals surface area (Å²) in [6.45, 7) is 1.22. The summed E-state index contributed by atoms with van der Waals surface area (Å²) in [5, 5.41) is 0. The van der Waals surface area contributed by atoms with Crippen LogP contribution in [0.25, 0.3) is 0 Å². The fourth-order valence-corrected chi connectivity index (χ4v) is 3.68. The second-order valence-electron chi connectivity index (χ2n) is 4.63. The molecule has 1 fully saturated rings. The molecule has 0 N–H and O–H groups in total. The van der Waals surface area contributed by atoms with Crippen molar-refractivity contribution in [3.8, 4) is 0 Å². The van der Waals surface area contributed by atoms with E-state index in [0.717, 1.165) is 12.8 Å². The van der Waals surface area contributed by atoms with Crippen molar-refractivity contribution in [3.05, 3.63) is 0 Å². The van der Waals surface area contributed by atoms with Crippen molar-refractivity contribution >= 4 is 16.0 Å². The molecule has 8 heteroatoms. The molecule has 1 saturated heterocycles. The SMILES string of the molecule is COCCN(CCC(=O)OC)S(=O)(=O)CC1CCCO1. The molecule has 20 heavy (non-hydrogen) atoms. The van der Waals surface area contributed by atoms with Crippen LogP contribution in [-0.4, -0.2) is 71.1 Å². The Morgan fingerprint density at radius 2 is 2.10 bits per heavy atom. The van der Waals surface area contributed by atoms with E-state index < -0.39 is 16.0 Å². The molecule has 1 aliphatic rings. The molecule has 0 amide bonds. The number of hydrogen-bond donors (Lipinski definition) is 0. The third-order valence-electron chi connectivity index (χ3n) is 3.15. The van der Waals surface area contributed by atoms with Crippen LogP contribution in [-0.2, 0) is 29.0 Å². The number of hydrogen-bond acceptors (Lipinski definition) is 6. The first-order valence-corrected chi connectivity index (χ1v) is 8.25. The second kappa shape index (κ2) is 8.56. The number of nitrogens with zero attached hydrogens (tertiary/aromatic N) is 1. The molecule has 0 aromatic carbocycles. The lowest BCUT2D eigenvalue weighted by Gasteiger charge is -2.23. The monoisotopic (exact) mass is 309 g/mol. The van der Waals surface area contributed by atoms with Gasteiger partial charge >= 0.3 is 5.97 Å². The second-order valence-corrected chi connectivity index (χ2v) is 6.65. The molecule has 0 aromatic heterocycles. The summed E-state index contributed by atoms with van der Waals surface area (Å²) in [4.78, 5) is 11.2. The van der Waals surface area contributed by atoms with Crippen molar-refractivity contribution in [2.45, 2.75) is 25.4 Å². The Morgan fingerprint density at radius 3 is 2.65 bits per heavy atom. The number of carbonyl (C=O) groups is 1. The molecular formula is C12H23NO6S. The minimum Gasteiger partial charge on any atom is -0.469 e. The van der Waals surface area contributed by atoms with E-state index in [4.69, 9.17) is 9.47 Å². The normalized spacial score (nSPS) is 19.4. The van der Waals surface area contributed by atoms with Crippen molar-refractivity contribution in [2.24, 2.45) is 0 Å². The highest BCUT2D eigenvalue weighted by Crippen LogP contribution is 2.16. The molecule has 1 aliphatic heterocycles. The van der Waals surface area contributed by atoms with Crippen molar-refractivity contribution in [1.29, 1.82) is 0 Å². The van der Waals surface area contributed by atoms with Crippen LogP contribution in [0.2, 0.25) is 0 Å². The molecular weight excluding hydrogens is 286 g/mol. The van der Waals surface area contributed by atoms with Gasteiger partial charge in [0.1, 0.15) is 0 Å². The zero-order valence-corrected chi connectivity index (χ0v) is 12.9. The molecule has 0 aliphatic carbocycles. The molecule has 0 saturated carbocycles. The smallest absolute Gasteiger partial charge is 0.306 e. The molecule has 1 unspecified atom stereocenters. The van der Waals surface area contributed by atoms with Crippen LogP contribution in [0.15, 0.2) is 0 Å². The zero-order valence-electron chi connectivity index (χ0n) is 12.0. The van der Waals surface area contributed by atoms with Crippen molar-refractivity contribution < 1.29 is 27.4 Å². The van der Waals surface area contributed by atoms with Gasteiger partial charge in [-0.25, -0.2) is 8.42 Å². The van der Waals surface area contributed by atoms with Gasteiger partial charge in [-0.1, -0.05) is 0 Å². The highest BCUT2D eigenvalue weighted by molar-refractivity contribution is 7.89. The molecule has 0 aromatic rings. The lowest BCUT2D eigenvalue weighted by atomic mass is 10.3. The summed E-state index contributed by atoms with van der Waals surface area (Å²) >= 11 is 0. The third-order valence-corrected chi connectivity index (χ3v) is 5.10. The van der Waals surface area contributed by atoms with Crippen LogP contribution in [0.5, 0.6) is 0 Å². The zero-order chi connectivity index (χ0) is 15.0. The van der Waals surface area contributed by atoms with E-state index in [0.29, 0.717) is 6.61 Å². The first kappa shape index (κ1) is 17.4. The Kier molecular flexibility index (Phi) is 7.42. The van der Waals surface area contributed by atoms with Crippen LogP contribution in [0, 0.1) is 0 Å². The standard InChI is InChI=1S/C12H23NO6S/c1-17-9-7-13(6-5-12(14)18-2)20(15,16)10-11-4-3-8-19-11/h11H,3-10H2,1-2H3. The van der Waals surface area contributed by atoms with Crippen LogP contribution in [0.1, 0.15) is 19.3 Å². The Labute approximate surface area is 120 Å². The molecule has 118 valence electrons. The minimum atomic E-state index is -3.46. The van der Waals surface area contributed by atoms with Crippen LogP contribution >= 0.6 is 0 Å². The van der Waals surface area contributed by atoms with Gasteiger partial charge in [-0.3, -0.25) is 4.79 Å². The third kappa shape index (κ3) is 5.74. The summed E-state index contributed by atoms with van der Waals surface area (Å²) < 4.78 is 40.7. The van der Waals surface area contributed by atoms with Gasteiger partial charge in [0.25, 0.3) is 0 Å². The molecule has 0 bridgehead atoms. The highest BCUT2D eigenvalue weighted by Gasteiger charge is 2.28. The van der Waals surface area contributed by atoms with Crippen molar-refractivity contribution in [1.82, 2.24) is 4.31 Å². The largest absolute Gasteiger partial charge is 0.469 e. The number of esters is 1. The van der Waals surface area contributed by atoms with Crippen LogP contribution in [0.3, 0.4) is 0 Å². The fraction of sp³-hybridized carbons (Fsp3) is 0.917. The maximum Gasteiger partial charge on any atom is 0.306 e. The van der Waals surface area contributed by atoms with E-state index >= 15 is 0 Å². The molecule has 1 atom stereocenters. The molecule has 7 nitrogen and oxygen atoms in total. The van der Waals surface area contributed by atoms with Gasteiger partial charge in [0, 0.05) is 26.8 Å². The predicted molar refractivity (Wildman–Crippen MR) is 72.8 cm³/mol. The van der Waals surface area contributed by atoms with Gasteiger partial charge in [-0.15, -0.1) is 0 Å². The first-order valence-electron chi connectivity index (χ1n) is 6.64. The Balaban J connectivity index is 2.60. The molecule has 1 rings (SSSR count). The van der Waals surface area contributed by atoms with Crippen molar-refractivity contribution in [2.75, 3.05) is 46.3 Å². The lowest BCUT2D eigenvalue weighted by Crippen LogP contribution is -2.40. The quantitative estimate of drug-likeness (QED) is 0.558. The van der Waals surface area contributed by atoms with Gasteiger partial charge in [-0.2, -0.15) is 4.31 Å². The summed E-state index contributed by atoms with van der Waals surface area (Å²) in [6, 6.07) is 0. The summed E-state index contributed by atoms with van der Waals surface area (Å²) in [6.07, 6.45) is 1.43.